The van der Waals surface area contributed by atoms with Crippen molar-refractivity contribution in [1.29, 1.82) is 0 Å². The predicted octanol–water partition coefficient (Wildman–Crippen LogP) is 2.74. The smallest absolute Gasteiger partial charge is 0.334 e. The van der Waals surface area contributed by atoms with Crippen LogP contribution in [0.25, 0.3) is 5.57 Å². The topological polar surface area (TPSA) is 95.7 Å². The number of halogens is 1. The number of carbonyl (C=O) groups is 1. The van der Waals surface area contributed by atoms with E-state index in [-0.39, 0.29) is 4.90 Å². The molecule has 0 aromatic heterocycles. The van der Waals surface area contributed by atoms with Crippen molar-refractivity contribution < 1.29 is 22.7 Å². The van der Waals surface area contributed by atoms with Crippen LogP contribution in [0.5, 0.6) is 5.75 Å². The van der Waals surface area contributed by atoms with Gasteiger partial charge in [0.05, 0.1) is 23.6 Å². The van der Waals surface area contributed by atoms with Crippen LogP contribution in [0.1, 0.15) is 17.5 Å². The summed E-state index contributed by atoms with van der Waals surface area (Å²) >= 11 is 6.23. The molecule has 0 amide bonds. The standard InChI is InChI=1S/C18H16ClNO5S/c1-24-16-7-4-12(10-15(16)19)17(14-8-9-25-18(14)21)11-2-5-13(6-3-11)26(20,22)23/h2-7,10H,8-9H2,1H3,(H2,20,22,23)/b17-14+. The summed E-state index contributed by atoms with van der Waals surface area (Å²) in [5.41, 5.74) is 2.51. The molecule has 0 saturated carbocycles. The van der Waals surface area contributed by atoms with Gasteiger partial charge in [0.1, 0.15) is 5.75 Å². The van der Waals surface area contributed by atoms with Gasteiger partial charge in [0.2, 0.25) is 10.0 Å². The maximum Gasteiger partial charge on any atom is 0.334 e. The molecule has 1 aliphatic heterocycles. The van der Waals surface area contributed by atoms with Crippen molar-refractivity contribution in [3.63, 3.8) is 0 Å². The lowest BCUT2D eigenvalue weighted by atomic mass is 9.92. The van der Waals surface area contributed by atoms with E-state index >= 15 is 0 Å². The number of ether oxygens (including phenoxy) is 2. The number of methoxy groups -OCH3 is 1. The zero-order chi connectivity index (χ0) is 18.9. The van der Waals surface area contributed by atoms with E-state index in [2.05, 4.69) is 0 Å². The van der Waals surface area contributed by atoms with Gasteiger partial charge in [-0.15, -0.1) is 0 Å². The third-order valence-corrected chi connectivity index (χ3v) is 5.27. The van der Waals surface area contributed by atoms with Crippen LogP contribution >= 0.6 is 11.6 Å². The molecule has 1 fully saturated rings. The van der Waals surface area contributed by atoms with Crippen LogP contribution in [0.3, 0.4) is 0 Å². The number of nitrogens with two attached hydrogens (primary N) is 1. The summed E-state index contributed by atoms with van der Waals surface area (Å²) in [4.78, 5) is 12.1. The van der Waals surface area contributed by atoms with Gasteiger partial charge in [-0.25, -0.2) is 18.4 Å². The second kappa shape index (κ2) is 7.11. The number of rotatable bonds is 4. The molecule has 1 aliphatic rings. The van der Waals surface area contributed by atoms with Gasteiger partial charge in [-0.05, 0) is 41.0 Å². The van der Waals surface area contributed by atoms with E-state index in [4.69, 9.17) is 26.2 Å². The second-order valence-corrected chi connectivity index (χ2v) is 7.63. The summed E-state index contributed by atoms with van der Waals surface area (Å²) in [6.07, 6.45) is 0.453. The highest BCUT2D eigenvalue weighted by Crippen LogP contribution is 2.35. The van der Waals surface area contributed by atoms with Gasteiger partial charge in [0.15, 0.2) is 0 Å². The van der Waals surface area contributed by atoms with Gasteiger partial charge in [0.25, 0.3) is 0 Å². The molecule has 2 aromatic rings. The highest BCUT2D eigenvalue weighted by Gasteiger charge is 2.25. The second-order valence-electron chi connectivity index (χ2n) is 5.66. The Kier molecular flexibility index (Phi) is 5.04. The fraction of sp³-hybridized carbons (Fsp3) is 0.167. The molecule has 2 aromatic carbocycles. The quantitative estimate of drug-likeness (QED) is 0.636. The van der Waals surface area contributed by atoms with Crippen LogP contribution < -0.4 is 9.88 Å². The van der Waals surface area contributed by atoms with Gasteiger partial charge in [-0.1, -0.05) is 29.8 Å². The van der Waals surface area contributed by atoms with Gasteiger partial charge < -0.3 is 9.47 Å². The first kappa shape index (κ1) is 18.4. The fourth-order valence-electron chi connectivity index (χ4n) is 2.81. The van der Waals surface area contributed by atoms with E-state index in [0.717, 1.165) is 0 Å². The molecular formula is C18H16ClNO5S. The molecule has 0 bridgehead atoms. The number of esters is 1. The molecule has 136 valence electrons. The van der Waals surface area contributed by atoms with E-state index in [0.29, 0.717) is 46.1 Å². The number of hydrogen-bond donors (Lipinski definition) is 1. The molecule has 0 radical (unpaired) electrons. The predicted molar refractivity (Wildman–Crippen MR) is 97.4 cm³/mol. The Morgan fingerprint density at radius 3 is 2.31 bits per heavy atom. The molecule has 0 unspecified atom stereocenters. The molecular weight excluding hydrogens is 378 g/mol. The molecule has 0 aliphatic carbocycles. The summed E-state index contributed by atoms with van der Waals surface area (Å²) in [5, 5.41) is 5.54. The number of primary sulfonamides is 1. The van der Waals surface area contributed by atoms with Crippen LogP contribution in [-0.2, 0) is 19.6 Å². The van der Waals surface area contributed by atoms with Crippen molar-refractivity contribution in [1.82, 2.24) is 0 Å². The van der Waals surface area contributed by atoms with Crippen molar-refractivity contribution in [2.24, 2.45) is 5.14 Å². The van der Waals surface area contributed by atoms with Crippen molar-refractivity contribution >= 4 is 33.2 Å². The van der Waals surface area contributed by atoms with E-state index in [1.807, 2.05) is 0 Å². The van der Waals surface area contributed by atoms with Crippen molar-refractivity contribution in [2.75, 3.05) is 13.7 Å². The molecule has 1 saturated heterocycles. The SMILES string of the molecule is COc1ccc(/C(=C2\CCOC2=O)c2ccc(S(N)(=O)=O)cc2)cc1Cl. The average Bonchev–Trinajstić information content (AvgIpc) is 3.01. The largest absolute Gasteiger partial charge is 0.495 e. The Bertz CT molecular complexity index is 997. The summed E-state index contributed by atoms with van der Waals surface area (Å²) < 4.78 is 33.2. The van der Waals surface area contributed by atoms with E-state index < -0.39 is 16.0 Å². The van der Waals surface area contributed by atoms with Gasteiger partial charge >= 0.3 is 5.97 Å². The Hall–Kier alpha value is -2.35. The number of benzene rings is 2. The fourth-order valence-corrected chi connectivity index (χ4v) is 3.58. The molecule has 8 heteroatoms. The number of carbonyl (C=O) groups excluding carboxylic acids is 1. The monoisotopic (exact) mass is 393 g/mol. The van der Waals surface area contributed by atoms with Crippen LogP contribution in [0, 0.1) is 0 Å². The third kappa shape index (κ3) is 3.60. The molecule has 6 nitrogen and oxygen atoms in total. The van der Waals surface area contributed by atoms with Crippen molar-refractivity contribution in [3.8, 4) is 5.75 Å². The maximum absolute atomic E-state index is 12.1. The van der Waals surface area contributed by atoms with Crippen LogP contribution in [0.4, 0.5) is 0 Å². The van der Waals surface area contributed by atoms with Gasteiger partial charge in [-0.3, -0.25) is 0 Å². The lowest BCUT2D eigenvalue weighted by molar-refractivity contribution is -0.135. The van der Waals surface area contributed by atoms with Crippen LogP contribution in [-0.4, -0.2) is 28.1 Å². The van der Waals surface area contributed by atoms with Gasteiger partial charge in [-0.2, -0.15) is 0 Å². The van der Waals surface area contributed by atoms with Crippen LogP contribution in [0.2, 0.25) is 5.02 Å². The Balaban J connectivity index is 2.17. The third-order valence-electron chi connectivity index (χ3n) is 4.05. The minimum absolute atomic E-state index is 0.00707. The first-order chi connectivity index (χ1) is 12.3. The summed E-state index contributed by atoms with van der Waals surface area (Å²) in [7, 11) is -2.29. The first-order valence-electron chi connectivity index (χ1n) is 7.68. The van der Waals surface area contributed by atoms with Crippen LogP contribution in [0.15, 0.2) is 52.9 Å². The van der Waals surface area contributed by atoms with Crippen molar-refractivity contribution in [2.45, 2.75) is 11.3 Å². The molecule has 26 heavy (non-hydrogen) atoms. The molecule has 0 atom stereocenters. The zero-order valence-electron chi connectivity index (χ0n) is 13.9. The van der Waals surface area contributed by atoms with Crippen molar-refractivity contribution in [3.05, 3.63) is 64.2 Å². The number of sulfonamides is 1. The molecule has 2 N–H and O–H groups in total. The van der Waals surface area contributed by atoms with E-state index in [9.17, 15) is 13.2 Å². The molecule has 0 spiro atoms. The Labute approximate surface area is 156 Å². The van der Waals surface area contributed by atoms with E-state index in [1.165, 1.54) is 19.2 Å². The molecule has 3 rings (SSSR count). The Morgan fingerprint density at radius 2 is 1.81 bits per heavy atom. The zero-order valence-corrected chi connectivity index (χ0v) is 15.4. The first-order valence-corrected chi connectivity index (χ1v) is 9.61. The highest BCUT2D eigenvalue weighted by molar-refractivity contribution is 7.89. The number of hydrogen-bond acceptors (Lipinski definition) is 5. The minimum atomic E-state index is -3.80. The summed E-state index contributed by atoms with van der Waals surface area (Å²) in [6, 6.07) is 11.2. The Morgan fingerprint density at radius 1 is 1.15 bits per heavy atom. The summed E-state index contributed by atoms with van der Waals surface area (Å²) in [5.74, 6) is 0.112. The molecule has 1 heterocycles. The summed E-state index contributed by atoms with van der Waals surface area (Å²) in [6.45, 7) is 0.302. The normalized spacial score (nSPS) is 16.3. The van der Waals surface area contributed by atoms with E-state index in [1.54, 1.807) is 30.3 Å². The minimum Gasteiger partial charge on any atom is -0.495 e. The average molecular weight is 394 g/mol. The van der Waals surface area contributed by atoms with Gasteiger partial charge in [0, 0.05) is 12.0 Å². The maximum atomic E-state index is 12.1. The highest BCUT2D eigenvalue weighted by atomic mass is 35.5. The lowest BCUT2D eigenvalue weighted by Crippen LogP contribution is -2.12. The number of cyclic esters (lactones) is 1. The lowest BCUT2D eigenvalue weighted by Gasteiger charge is -2.13.